The molecule has 0 fully saturated rings. The van der Waals surface area contributed by atoms with Gasteiger partial charge in [-0.15, -0.1) is 23.5 Å². The van der Waals surface area contributed by atoms with Crippen molar-refractivity contribution in [3.63, 3.8) is 0 Å². The Morgan fingerprint density at radius 2 is 1.05 bits per heavy atom. The fourth-order valence-corrected chi connectivity index (χ4v) is 3.82. The maximum atomic E-state index is 9.66. The molecule has 2 N–H and O–H groups in total. The third-order valence-electron chi connectivity index (χ3n) is 3.03. The summed E-state index contributed by atoms with van der Waals surface area (Å²) in [5.74, 6) is 2.80. The molecule has 2 aromatic rings. The van der Waals surface area contributed by atoms with Gasteiger partial charge in [0, 0.05) is 9.79 Å². The summed E-state index contributed by atoms with van der Waals surface area (Å²) in [6.45, 7) is 0. The molecule has 2 nitrogen and oxygen atoms in total. The molecule has 0 aliphatic heterocycles. The third-order valence-corrected chi connectivity index (χ3v) is 5.33. The molecule has 0 saturated heterocycles. The molecule has 0 unspecified atom stereocenters. The number of benzene rings is 2. The van der Waals surface area contributed by atoms with E-state index in [0.717, 1.165) is 34.1 Å². The van der Waals surface area contributed by atoms with Crippen LogP contribution in [-0.4, -0.2) is 21.7 Å². The number of phenols is 2. The number of thioether (sulfide) groups is 2. The Morgan fingerprint density at radius 3 is 1.48 bits per heavy atom. The van der Waals surface area contributed by atoms with E-state index in [4.69, 9.17) is 0 Å². The Kier molecular flexibility index (Phi) is 6.83. The monoisotopic (exact) mass is 320 g/mol. The molecule has 112 valence electrons. The van der Waals surface area contributed by atoms with E-state index >= 15 is 0 Å². The first-order chi connectivity index (χ1) is 10.3. The maximum absolute atomic E-state index is 9.66. The zero-order valence-electron chi connectivity index (χ0n) is 11.9. The summed E-state index contributed by atoms with van der Waals surface area (Å²) >= 11 is 3.41. The molecular weight excluding hydrogens is 300 g/mol. The van der Waals surface area contributed by atoms with Crippen molar-refractivity contribution in [1.29, 1.82) is 0 Å². The average molecular weight is 320 g/mol. The van der Waals surface area contributed by atoms with Crippen LogP contribution in [0.3, 0.4) is 0 Å². The number of phenolic OH excluding ortho intramolecular Hbond substituents is 2. The van der Waals surface area contributed by atoms with Crippen LogP contribution in [0.4, 0.5) is 0 Å². The van der Waals surface area contributed by atoms with E-state index in [1.165, 1.54) is 6.42 Å². The highest BCUT2D eigenvalue weighted by molar-refractivity contribution is 7.99. The molecule has 0 bridgehead atoms. The van der Waals surface area contributed by atoms with Crippen LogP contribution in [0.1, 0.15) is 19.3 Å². The quantitative estimate of drug-likeness (QED) is 0.521. The number of aromatic hydroxyl groups is 2. The minimum atomic E-state index is 0.373. The zero-order chi connectivity index (χ0) is 14.9. The predicted octanol–water partition coefficient (Wildman–Crippen LogP) is 5.15. The lowest BCUT2D eigenvalue weighted by Gasteiger charge is -2.05. The lowest BCUT2D eigenvalue weighted by molar-refractivity contribution is 0.462. The molecule has 0 atom stereocenters. The van der Waals surface area contributed by atoms with Crippen LogP contribution in [0.25, 0.3) is 0 Å². The molecule has 0 saturated carbocycles. The van der Waals surface area contributed by atoms with E-state index in [-0.39, 0.29) is 0 Å². The van der Waals surface area contributed by atoms with Gasteiger partial charge in [-0.2, -0.15) is 0 Å². The van der Waals surface area contributed by atoms with Crippen LogP contribution in [0.2, 0.25) is 0 Å². The van der Waals surface area contributed by atoms with Gasteiger partial charge in [-0.25, -0.2) is 0 Å². The van der Waals surface area contributed by atoms with Crippen molar-refractivity contribution >= 4 is 23.5 Å². The SMILES string of the molecule is Oc1ccccc1SCCCCCSc1ccccc1O. The summed E-state index contributed by atoms with van der Waals surface area (Å²) < 4.78 is 0. The van der Waals surface area contributed by atoms with Crippen LogP contribution >= 0.6 is 23.5 Å². The van der Waals surface area contributed by atoms with E-state index in [1.807, 2.05) is 36.4 Å². The molecule has 21 heavy (non-hydrogen) atoms. The highest BCUT2D eigenvalue weighted by Gasteiger charge is 2.01. The van der Waals surface area contributed by atoms with Crippen molar-refractivity contribution in [2.24, 2.45) is 0 Å². The van der Waals surface area contributed by atoms with E-state index < -0.39 is 0 Å². The molecule has 0 radical (unpaired) electrons. The van der Waals surface area contributed by atoms with Crippen molar-refractivity contribution in [2.45, 2.75) is 29.1 Å². The molecule has 0 aliphatic carbocycles. The number of para-hydroxylation sites is 2. The third kappa shape index (κ3) is 5.56. The summed E-state index contributed by atoms with van der Waals surface area (Å²) in [7, 11) is 0. The van der Waals surface area contributed by atoms with E-state index in [2.05, 4.69) is 0 Å². The molecule has 2 rings (SSSR count). The van der Waals surface area contributed by atoms with E-state index in [0.29, 0.717) is 11.5 Å². The first-order valence-electron chi connectivity index (χ1n) is 7.09. The smallest absolute Gasteiger partial charge is 0.129 e. The van der Waals surface area contributed by atoms with Gasteiger partial charge in [-0.05, 0) is 48.6 Å². The van der Waals surface area contributed by atoms with Gasteiger partial charge in [0.2, 0.25) is 0 Å². The molecule has 0 aliphatic rings. The molecule has 4 heteroatoms. The molecule has 0 spiro atoms. The van der Waals surface area contributed by atoms with E-state index in [9.17, 15) is 10.2 Å². The molecule has 0 heterocycles. The second kappa shape index (κ2) is 8.90. The van der Waals surface area contributed by atoms with E-state index in [1.54, 1.807) is 35.7 Å². The number of hydrogen-bond acceptors (Lipinski definition) is 4. The highest BCUT2D eigenvalue weighted by Crippen LogP contribution is 2.30. The number of unbranched alkanes of at least 4 members (excludes halogenated alkanes) is 2. The highest BCUT2D eigenvalue weighted by atomic mass is 32.2. The Balaban J connectivity index is 1.57. The van der Waals surface area contributed by atoms with Gasteiger partial charge in [0.1, 0.15) is 11.5 Å². The fourth-order valence-electron chi connectivity index (χ4n) is 1.90. The summed E-state index contributed by atoms with van der Waals surface area (Å²) in [6, 6.07) is 14.9. The Labute approximate surface area is 134 Å². The lowest BCUT2D eigenvalue weighted by atomic mass is 10.3. The Bertz CT molecular complexity index is 508. The minimum Gasteiger partial charge on any atom is -0.507 e. The standard InChI is InChI=1S/C17H20O2S2/c18-14-8-2-4-10-16(14)20-12-6-1-7-13-21-17-11-5-3-9-15(17)19/h2-5,8-11,18-19H,1,6-7,12-13H2. The normalized spacial score (nSPS) is 10.7. The van der Waals surface area contributed by atoms with Gasteiger partial charge in [0.15, 0.2) is 0 Å². The van der Waals surface area contributed by atoms with Crippen molar-refractivity contribution in [2.75, 3.05) is 11.5 Å². The summed E-state index contributed by atoms with van der Waals surface area (Å²) in [4.78, 5) is 1.92. The maximum Gasteiger partial charge on any atom is 0.129 e. The van der Waals surface area contributed by atoms with Crippen molar-refractivity contribution in [3.8, 4) is 11.5 Å². The van der Waals surface area contributed by atoms with Gasteiger partial charge in [0.25, 0.3) is 0 Å². The van der Waals surface area contributed by atoms with Gasteiger partial charge in [-0.3, -0.25) is 0 Å². The van der Waals surface area contributed by atoms with Gasteiger partial charge < -0.3 is 10.2 Å². The van der Waals surface area contributed by atoms with Crippen LogP contribution in [0, 0.1) is 0 Å². The van der Waals surface area contributed by atoms with Gasteiger partial charge in [-0.1, -0.05) is 30.7 Å². The predicted molar refractivity (Wildman–Crippen MR) is 91.5 cm³/mol. The second-order valence-corrected chi connectivity index (χ2v) is 6.97. The Hall–Kier alpha value is -1.26. The lowest BCUT2D eigenvalue weighted by Crippen LogP contribution is -1.85. The largest absolute Gasteiger partial charge is 0.507 e. The second-order valence-electron chi connectivity index (χ2n) is 4.69. The number of rotatable bonds is 8. The Morgan fingerprint density at radius 1 is 0.619 bits per heavy atom. The van der Waals surface area contributed by atoms with Gasteiger partial charge in [0.05, 0.1) is 0 Å². The van der Waals surface area contributed by atoms with Crippen LogP contribution < -0.4 is 0 Å². The van der Waals surface area contributed by atoms with Crippen LogP contribution in [-0.2, 0) is 0 Å². The number of hydrogen-bond donors (Lipinski definition) is 2. The summed E-state index contributed by atoms with van der Waals surface area (Å²) in [5.41, 5.74) is 0. The molecular formula is C17H20O2S2. The van der Waals surface area contributed by atoms with Crippen molar-refractivity contribution in [1.82, 2.24) is 0 Å². The molecule has 0 amide bonds. The first-order valence-corrected chi connectivity index (χ1v) is 9.06. The summed E-state index contributed by atoms with van der Waals surface area (Å²) in [5, 5.41) is 19.3. The zero-order valence-corrected chi connectivity index (χ0v) is 13.5. The topological polar surface area (TPSA) is 40.5 Å². The molecule has 0 aromatic heterocycles. The average Bonchev–Trinajstić information content (AvgIpc) is 2.50. The van der Waals surface area contributed by atoms with Crippen molar-refractivity contribution < 1.29 is 10.2 Å². The van der Waals surface area contributed by atoms with Crippen LogP contribution in [0.5, 0.6) is 11.5 Å². The van der Waals surface area contributed by atoms with Crippen molar-refractivity contribution in [3.05, 3.63) is 48.5 Å². The van der Waals surface area contributed by atoms with Gasteiger partial charge >= 0.3 is 0 Å². The summed E-state index contributed by atoms with van der Waals surface area (Å²) in [6.07, 6.45) is 3.45. The minimum absolute atomic E-state index is 0.373. The first kappa shape index (κ1) is 16.1. The molecule has 2 aromatic carbocycles. The van der Waals surface area contributed by atoms with Crippen LogP contribution in [0.15, 0.2) is 58.3 Å². The fraction of sp³-hybridized carbons (Fsp3) is 0.294.